The summed E-state index contributed by atoms with van der Waals surface area (Å²) in [7, 11) is 0. The number of nitrogens with zero attached hydrogens (tertiary/aromatic N) is 1. The van der Waals surface area contributed by atoms with Gasteiger partial charge in [-0.3, -0.25) is 9.59 Å². The van der Waals surface area contributed by atoms with Crippen LogP contribution in [-0.2, 0) is 16.0 Å². The van der Waals surface area contributed by atoms with E-state index in [2.05, 4.69) is 23.2 Å². The van der Waals surface area contributed by atoms with Crippen molar-refractivity contribution in [3.8, 4) is 5.75 Å². The summed E-state index contributed by atoms with van der Waals surface area (Å²) in [4.78, 5) is 25.9. The van der Waals surface area contributed by atoms with Gasteiger partial charge in [0, 0.05) is 13.1 Å². The highest BCUT2D eigenvalue weighted by atomic mass is 16.4. The van der Waals surface area contributed by atoms with Crippen molar-refractivity contribution in [1.29, 1.82) is 0 Å². The molecule has 3 N–H and O–H groups in total. The minimum absolute atomic E-state index is 0.219. The summed E-state index contributed by atoms with van der Waals surface area (Å²) in [5.74, 6) is -0.510. The lowest BCUT2D eigenvalue weighted by Gasteiger charge is -2.38. The molecule has 0 saturated carbocycles. The van der Waals surface area contributed by atoms with Crippen molar-refractivity contribution in [1.82, 2.24) is 10.2 Å². The second-order valence-corrected chi connectivity index (χ2v) is 8.23. The highest BCUT2D eigenvalue weighted by Crippen LogP contribution is 2.34. The molecular formula is C24H30N2O4. The van der Waals surface area contributed by atoms with Crippen molar-refractivity contribution < 1.29 is 19.8 Å². The zero-order valence-corrected chi connectivity index (χ0v) is 17.3. The van der Waals surface area contributed by atoms with Crippen LogP contribution in [0.3, 0.4) is 0 Å². The van der Waals surface area contributed by atoms with E-state index in [1.165, 1.54) is 0 Å². The predicted octanol–water partition coefficient (Wildman–Crippen LogP) is 2.88. The third-order valence-electron chi connectivity index (χ3n) is 5.88. The molecule has 6 nitrogen and oxygen atoms in total. The van der Waals surface area contributed by atoms with E-state index in [0.717, 1.165) is 30.6 Å². The Hall–Kier alpha value is -2.86. The van der Waals surface area contributed by atoms with Crippen LogP contribution in [0.2, 0.25) is 0 Å². The van der Waals surface area contributed by atoms with E-state index in [-0.39, 0.29) is 18.4 Å². The Labute approximate surface area is 177 Å². The minimum atomic E-state index is -1.04. The summed E-state index contributed by atoms with van der Waals surface area (Å²) >= 11 is 0. The quantitative estimate of drug-likeness (QED) is 0.623. The number of hydrogen-bond donors (Lipinski definition) is 3. The molecular weight excluding hydrogens is 380 g/mol. The topological polar surface area (TPSA) is 89.9 Å². The molecule has 1 aliphatic heterocycles. The van der Waals surface area contributed by atoms with Gasteiger partial charge in [0.25, 0.3) is 0 Å². The number of aliphatic carboxylic acids is 1. The molecule has 0 aromatic heterocycles. The van der Waals surface area contributed by atoms with Gasteiger partial charge in [0.05, 0.1) is 5.92 Å². The number of carboxylic acids is 1. The molecule has 0 aliphatic carbocycles. The van der Waals surface area contributed by atoms with Crippen molar-refractivity contribution >= 4 is 11.9 Å². The first-order chi connectivity index (χ1) is 14.4. The molecule has 0 unspecified atom stereocenters. The number of carbonyl (C=O) groups excluding carboxylic acids is 1. The fourth-order valence-corrected chi connectivity index (χ4v) is 4.41. The lowest BCUT2D eigenvalue weighted by Crippen LogP contribution is -2.45. The first-order valence-corrected chi connectivity index (χ1v) is 10.5. The average molecular weight is 411 g/mol. The van der Waals surface area contributed by atoms with E-state index in [4.69, 9.17) is 5.11 Å². The fourth-order valence-electron chi connectivity index (χ4n) is 4.41. The molecule has 0 bridgehead atoms. The van der Waals surface area contributed by atoms with Gasteiger partial charge < -0.3 is 20.4 Å². The number of phenols is 1. The van der Waals surface area contributed by atoms with Crippen LogP contribution in [0.25, 0.3) is 0 Å². The summed E-state index contributed by atoms with van der Waals surface area (Å²) in [6.45, 7) is 4.16. The molecule has 0 spiro atoms. The van der Waals surface area contributed by atoms with Crippen LogP contribution in [0.15, 0.2) is 54.6 Å². The van der Waals surface area contributed by atoms with Crippen LogP contribution in [0.5, 0.6) is 5.75 Å². The van der Waals surface area contributed by atoms with Gasteiger partial charge in [-0.15, -0.1) is 0 Å². The van der Waals surface area contributed by atoms with E-state index in [1.54, 1.807) is 6.07 Å². The van der Waals surface area contributed by atoms with Gasteiger partial charge in [-0.05, 0) is 54.5 Å². The van der Waals surface area contributed by atoms with Gasteiger partial charge in [-0.1, -0.05) is 49.4 Å². The number of hydrogen-bond acceptors (Lipinski definition) is 4. The zero-order chi connectivity index (χ0) is 21.5. The number of phenolic OH excluding ortho intramolecular Hbond substituents is 1. The molecule has 1 fully saturated rings. The number of carboxylic acid groups (broad SMARTS) is 1. The highest BCUT2D eigenvalue weighted by molar-refractivity contribution is 5.83. The lowest BCUT2D eigenvalue weighted by atomic mass is 9.81. The number of rotatable bonds is 8. The molecule has 1 amide bonds. The van der Waals surface area contributed by atoms with Gasteiger partial charge in [-0.2, -0.15) is 0 Å². The second-order valence-electron chi connectivity index (χ2n) is 8.23. The zero-order valence-electron chi connectivity index (χ0n) is 17.3. The van der Waals surface area contributed by atoms with E-state index in [9.17, 15) is 14.7 Å². The molecule has 30 heavy (non-hydrogen) atoms. The monoisotopic (exact) mass is 410 g/mol. The van der Waals surface area contributed by atoms with Crippen molar-refractivity contribution in [3.05, 3.63) is 65.7 Å². The SMILES string of the molecule is C[C@H]1CN(C[C@H](Cc2ccccc2)C(=O)NCC(=O)O)CC[C@H]1c1cccc(O)c1. The highest BCUT2D eigenvalue weighted by Gasteiger charge is 2.30. The van der Waals surface area contributed by atoms with Crippen LogP contribution in [0.4, 0.5) is 0 Å². The first-order valence-electron chi connectivity index (χ1n) is 10.5. The maximum Gasteiger partial charge on any atom is 0.322 e. The van der Waals surface area contributed by atoms with Gasteiger partial charge in [-0.25, -0.2) is 0 Å². The summed E-state index contributed by atoms with van der Waals surface area (Å²) in [6.07, 6.45) is 1.53. The maximum atomic E-state index is 12.7. The number of piperidine rings is 1. The molecule has 2 aromatic carbocycles. The van der Waals surface area contributed by atoms with Crippen molar-refractivity contribution in [3.63, 3.8) is 0 Å². The van der Waals surface area contributed by atoms with Crippen molar-refractivity contribution in [2.24, 2.45) is 11.8 Å². The second kappa shape index (κ2) is 10.3. The third kappa shape index (κ3) is 6.07. The van der Waals surface area contributed by atoms with Gasteiger partial charge in [0.15, 0.2) is 0 Å². The molecule has 3 rings (SSSR count). The Morgan fingerprint density at radius 3 is 2.60 bits per heavy atom. The predicted molar refractivity (Wildman–Crippen MR) is 115 cm³/mol. The molecule has 3 atom stereocenters. The Morgan fingerprint density at radius 1 is 1.17 bits per heavy atom. The average Bonchev–Trinajstić information content (AvgIpc) is 2.72. The van der Waals surface area contributed by atoms with E-state index in [1.807, 2.05) is 42.5 Å². The van der Waals surface area contributed by atoms with E-state index >= 15 is 0 Å². The number of nitrogens with one attached hydrogen (secondary N) is 1. The normalized spacial score (nSPS) is 20.4. The maximum absolute atomic E-state index is 12.7. The van der Waals surface area contributed by atoms with Crippen LogP contribution in [0, 0.1) is 11.8 Å². The molecule has 1 aliphatic rings. The molecule has 1 saturated heterocycles. The number of benzene rings is 2. The number of likely N-dealkylation sites (tertiary alicyclic amines) is 1. The smallest absolute Gasteiger partial charge is 0.322 e. The number of aromatic hydroxyl groups is 1. The Bertz CT molecular complexity index is 855. The van der Waals surface area contributed by atoms with E-state index < -0.39 is 5.97 Å². The van der Waals surface area contributed by atoms with Gasteiger partial charge in [0.2, 0.25) is 5.91 Å². The fraction of sp³-hybridized carbons (Fsp3) is 0.417. The van der Waals surface area contributed by atoms with Gasteiger partial charge in [0.1, 0.15) is 12.3 Å². The Kier molecular flexibility index (Phi) is 7.46. The van der Waals surface area contributed by atoms with Crippen molar-refractivity contribution in [2.45, 2.75) is 25.7 Å². The number of amides is 1. The first kappa shape index (κ1) is 21.8. The van der Waals surface area contributed by atoms with Crippen LogP contribution < -0.4 is 5.32 Å². The van der Waals surface area contributed by atoms with E-state index in [0.29, 0.717) is 30.6 Å². The summed E-state index contributed by atoms with van der Waals surface area (Å²) < 4.78 is 0. The largest absolute Gasteiger partial charge is 0.508 e. The van der Waals surface area contributed by atoms with Crippen LogP contribution in [-0.4, -0.2) is 53.2 Å². The summed E-state index contributed by atoms with van der Waals surface area (Å²) in [6, 6.07) is 17.3. The molecule has 1 heterocycles. The van der Waals surface area contributed by atoms with Gasteiger partial charge >= 0.3 is 5.97 Å². The molecule has 0 radical (unpaired) electrons. The molecule has 6 heteroatoms. The minimum Gasteiger partial charge on any atom is -0.508 e. The Morgan fingerprint density at radius 2 is 1.93 bits per heavy atom. The Balaban J connectivity index is 1.65. The van der Waals surface area contributed by atoms with Crippen molar-refractivity contribution in [2.75, 3.05) is 26.2 Å². The molecule has 2 aromatic rings. The standard InChI is InChI=1S/C24H30N2O4/c1-17-15-26(11-10-22(17)19-8-5-9-21(27)13-19)16-20(24(30)25-14-23(28)29)12-18-6-3-2-4-7-18/h2-9,13,17,20,22,27H,10-12,14-16H2,1H3,(H,25,30)(H,28,29)/t17-,20-,22+/m0/s1. The van der Waals surface area contributed by atoms with Crippen LogP contribution >= 0.6 is 0 Å². The lowest BCUT2D eigenvalue weighted by molar-refractivity contribution is -0.138. The summed E-state index contributed by atoms with van der Waals surface area (Å²) in [5.41, 5.74) is 2.22. The molecule has 160 valence electrons. The summed E-state index contributed by atoms with van der Waals surface area (Å²) in [5, 5.41) is 21.3. The van der Waals surface area contributed by atoms with Crippen LogP contribution in [0.1, 0.15) is 30.4 Å². The number of carbonyl (C=O) groups is 2. The third-order valence-corrected chi connectivity index (χ3v) is 5.88.